The Morgan fingerprint density at radius 3 is 2.76 bits per heavy atom. The number of carbonyl (C=O) groups excluding carboxylic acids is 2. The first-order chi connectivity index (χ1) is 18.4. The molecule has 0 spiro atoms. The first-order valence-corrected chi connectivity index (χ1v) is 12.5. The minimum absolute atomic E-state index is 0.00868. The molecule has 10 nitrogen and oxygen atoms in total. The van der Waals surface area contributed by atoms with Crippen molar-refractivity contribution in [3.05, 3.63) is 59.7 Å². The van der Waals surface area contributed by atoms with E-state index in [0.29, 0.717) is 45.1 Å². The van der Waals surface area contributed by atoms with Crippen molar-refractivity contribution in [3.63, 3.8) is 0 Å². The number of amides is 1. The Balaban J connectivity index is 1.45. The summed E-state index contributed by atoms with van der Waals surface area (Å²) in [7, 11) is 0. The molecule has 0 radical (unpaired) electrons. The zero-order chi connectivity index (χ0) is 26.4. The number of imidazole rings is 1. The molecule has 188 valence electrons. The van der Waals surface area contributed by atoms with Gasteiger partial charge in [0.25, 0.3) is 0 Å². The molecule has 3 N–H and O–H groups in total. The van der Waals surface area contributed by atoms with Crippen molar-refractivity contribution in [3.8, 4) is 33.2 Å². The van der Waals surface area contributed by atoms with Gasteiger partial charge in [-0.3, -0.25) is 24.7 Å². The summed E-state index contributed by atoms with van der Waals surface area (Å²) in [5.74, 6) is -0.466. The van der Waals surface area contributed by atoms with E-state index in [1.54, 1.807) is 25.3 Å². The lowest BCUT2D eigenvalue weighted by Gasteiger charge is -2.07. The number of hydrogen-bond acceptors (Lipinski definition) is 8. The molecule has 0 aliphatic heterocycles. The number of nitrogens with zero attached hydrogens (tertiary/aromatic N) is 5. The molecule has 0 bridgehead atoms. The van der Waals surface area contributed by atoms with Gasteiger partial charge in [0.2, 0.25) is 5.91 Å². The zero-order valence-corrected chi connectivity index (χ0v) is 21.0. The molecule has 0 saturated heterocycles. The lowest BCUT2D eigenvalue weighted by atomic mass is 10.1. The van der Waals surface area contributed by atoms with E-state index in [0.717, 1.165) is 10.4 Å². The van der Waals surface area contributed by atoms with Gasteiger partial charge in [0.15, 0.2) is 23.1 Å². The Labute approximate surface area is 218 Å². The summed E-state index contributed by atoms with van der Waals surface area (Å²) in [5.41, 5.74) is 3.45. The second-order valence-corrected chi connectivity index (χ2v) is 9.59. The lowest BCUT2D eigenvalue weighted by molar-refractivity contribution is -0.115. The van der Waals surface area contributed by atoms with Crippen molar-refractivity contribution in [2.45, 2.75) is 20.3 Å². The number of pyridine rings is 3. The number of halogens is 1. The van der Waals surface area contributed by atoms with Crippen LogP contribution in [-0.2, 0) is 4.79 Å². The molecule has 6 heterocycles. The molecule has 0 aromatic carbocycles. The lowest BCUT2D eigenvalue weighted by Crippen LogP contribution is -2.09. The van der Waals surface area contributed by atoms with Gasteiger partial charge in [0, 0.05) is 34.8 Å². The highest BCUT2D eigenvalue weighted by molar-refractivity contribution is 7.17. The van der Waals surface area contributed by atoms with Crippen LogP contribution >= 0.6 is 11.3 Å². The van der Waals surface area contributed by atoms with Crippen molar-refractivity contribution in [2.24, 2.45) is 0 Å². The predicted molar refractivity (Wildman–Crippen MR) is 142 cm³/mol. The van der Waals surface area contributed by atoms with E-state index in [1.807, 2.05) is 12.1 Å². The Morgan fingerprint density at radius 2 is 1.97 bits per heavy atom. The number of rotatable bonds is 6. The smallest absolute Gasteiger partial charge is 0.224 e. The van der Waals surface area contributed by atoms with Gasteiger partial charge in [0.05, 0.1) is 33.9 Å². The normalized spacial score (nSPS) is 11.3. The second-order valence-electron chi connectivity index (χ2n) is 8.51. The summed E-state index contributed by atoms with van der Waals surface area (Å²) in [6.45, 7) is 3.26. The predicted octanol–water partition coefficient (Wildman–Crippen LogP) is 5.38. The average molecular weight is 527 g/mol. The minimum Gasteiger partial charge on any atom is -0.325 e. The fourth-order valence-corrected chi connectivity index (χ4v) is 5.06. The van der Waals surface area contributed by atoms with Crippen LogP contribution in [0.1, 0.15) is 29.9 Å². The fraction of sp³-hybridized carbons (Fsp3) is 0.115. The molecule has 12 heteroatoms. The number of anilines is 1. The van der Waals surface area contributed by atoms with E-state index in [4.69, 9.17) is 4.98 Å². The van der Waals surface area contributed by atoms with Gasteiger partial charge in [-0.05, 0) is 31.2 Å². The van der Waals surface area contributed by atoms with E-state index in [9.17, 15) is 9.59 Å². The van der Waals surface area contributed by atoms with Crippen molar-refractivity contribution < 1.29 is 14.0 Å². The molecule has 6 rings (SSSR count). The average Bonchev–Trinajstić information content (AvgIpc) is 3.67. The van der Waals surface area contributed by atoms with Gasteiger partial charge in [-0.25, -0.2) is 14.4 Å². The summed E-state index contributed by atoms with van der Waals surface area (Å²) in [6, 6.07) is 7.10. The van der Waals surface area contributed by atoms with Crippen LogP contribution in [0, 0.1) is 5.82 Å². The summed E-state index contributed by atoms with van der Waals surface area (Å²) in [4.78, 5) is 45.7. The van der Waals surface area contributed by atoms with Crippen LogP contribution in [0.4, 0.5) is 10.1 Å². The van der Waals surface area contributed by atoms with Gasteiger partial charge in [0.1, 0.15) is 16.9 Å². The Hall–Kier alpha value is -4.84. The third-order valence-corrected chi connectivity index (χ3v) is 7.21. The zero-order valence-electron chi connectivity index (χ0n) is 20.2. The number of aromatic nitrogens is 7. The monoisotopic (exact) mass is 526 g/mol. The third-order valence-electron chi connectivity index (χ3n) is 5.99. The number of Topliss-reactive ketones (excluding diaryl/α,β-unsaturated/α-hetero) is 1. The van der Waals surface area contributed by atoms with Crippen molar-refractivity contribution in [1.29, 1.82) is 0 Å². The highest BCUT2D eigenvalue weighted by atomic mass is 32.1. The van der Waals surface area contributed by atoms with E-state index in [-0.39, 0.29) is 28.5 Å². The third kappa shape index (κ3) is 4.00. The van der Waals surface area contributed by atoms with Crippen LogP contribution in [0.15, 0.2) is 49.1 Å². The highest BCUT2D eigenvalue weighted by Gasteiger charge is 2.22. The van der Waals surface area contributed by atoms with E-state index >= 15 is 4.39 Å². The highest BCUT2D eigenvalue weighted by Crippen LogP contribution is 2.36. The van der Waals surface area contributed by atoms with Crippen molar-refractivity contribution in [2.75, 3.05) is 5.32 Å². The molecule has 0 unspecified atom stereocenters. The summed E-state index contributed by atoms with van der Waals surface area (Å²) in [5, 5.41) is 10.1. The fourth-order valence-electron chi connectivity index (χ4n) is 4.13. The Bertz CT molecular complexity index is 1870. The van der Waals surface area contributed by atoms with Crippen molar-refractivity contribution in [1.82, 2.24) is 35.1 Å². The first-order valence-electron chi connectivity index (χ1n) is 11.7. The molecule has 0 aliphatic rings. The standard InChI is InChI=1S/C26H19FN8O2S/c1-3-19(37)31-14-8-13(9-28-10-14)22-21(27)20-16(11-30-22)34-35-24(20)26-32-23-15(6-7-29-25(23)33-26)18-5-4-17(38-18)12(2)36/h4-11H,3H2,1-2H3,(H,31,37)(H,34,35)(H,29,32,33). The van der Waals surface area contributed by atoms with Crippen LogP contribution in [0.25, 0.3) is 55.3 Å². The number of nitrogens with one attached hydrogen (secondary N) is 3. The van der Waals surface area contributed by atoms with Gasteiger partial charge < -0.3 is 10.3 Å². The maximum Gasteiger partial charge on any atom is 0.224 e. The van der Waals surface area contributed by atoms with Crippen LogP contribution in [0.5, 0.6) is 0 Å². The van der Waals surface area contributed by atoms with Gasteiger partial charge in [-0.1, -0.05) is 6.92 Å². The molecule has 0 atom stereocenters. The van der Waals surface area contributed by atoms with Gasteiger partial charge in [-0.2, -0.15) is 5.10 Å². The molecule has 6 aromatic heterocycles. The van der Waals surface area contributed by atoms with E-state index < -0.39 is 5.82 Å². The summed E-state index contributed by atoms with van der Waals surface area (Å²) in [6.07, 6.45) is 6.41. The molecular formula is C26H19FN8O2S. The molecule has 6 aromatic rings. The quantitative estimate of drug-likeness (QED) is 0.247. The van der Waals surface area contributed by atoms with Crippen LogP contribution in [-0.4, -0.2) is 46.8 Å². The number of carbonyl (C=O) groups is 2. The van der Waals surface area contributed by atoms with E-state index in [2.05, 4.69) is 35.5 Å². The maximum atomic E-state index is 15.9. The van der Waals surface area contributed by atoms with Crippen LogP contribution < -0.4 is 5.32 Å². The topological polar surface area (TPSA) is 142 Å². The summed E-state index contributed by atoms with van der Waals surface area (Å²) < 4.78 is 15.9. The number of hydrogen-bond donors (Lipinski definition) is 3. The molecule has 0 aliphatic carbocycles. The van der Waals surface area contributed by atoms with Crippen LogP contribution in [0.2, 0.25) is 0 Å². The summed E-state index contributed by atoms with van der Waals surface area (Å²) >= 11 is 1.37. The Morgan fingerprint density at radius 1 is 1.11 bits per heavy atom. The van der Waals surface area contributed by atoms with Crippen molar-refractivity contribution >= 4 is 50.8 Å². The molecule has 0 saturated carbocycles. The number of aromatic amines is 2. The molecule has 38 heavy (non-hydrogen) atoms. The first kappa shape index (κ1) is 23.6. The Kier molecular flexibility index (Phi) is 5.72. The molecule has 0 fully saturated rings. The molecular weight excluding hydrogens is 507 g/mol. The second kappa shape index (κ2) is 9.23. The largest absolute Gasteiger partial charge is 0.325 e. The van der Waals surface area contributed by atoms with Gasteiger partial charge >= 0.3 is 0 Å². The van der Waals surface area contributed by atoms with Gasteiger partial charge in [-0.15, -0.1) is 11.3 Å². The van der Waals surface area contributed by atoms with Crippen LogP contribution in [0.3, 0.4) is 0 Å². The maximum absolute atomic E-state index is 15.9. The SMILES string of the molecule is CCC(=O)Nc1cncc(-c2ncc3[nH]nc(-c4nc5c(-c6ccc(C(C)=O)s6)ccnc5[nH]4)c3c2F)c1. The number of thiophene rings is 1. The number of fused-ring (bicyclic) bond motifs is 2. The molecule has 1 amide bonds. The number of H-pyrrole nitrogens is 2. The minimum atomic E-state index is -0.606. The van der Waals surface area contributed by atoms with E-state index in [1.165, 1.54) is 36.9 Å². The number of ketones is 1.